The standard InChI is InChI=1S/C15H10F3N5/c16-10-6-5-9(7-12(10)18)20-14-8-19-23-15(22-14)21-13-4-2-1-3-11(13)17/h1-8H,(H2,20,21,22,23). The summed E-state index contributed by atoms with van der Waals surface area (Å²) in [7, 11) is 0. The second kappa shape index (κ2) is 6.30. The monoisotopic (exact) mass is 317 g/mol. The third-order valence-corrected chi connectivity index (χ3v) is 2.87. The molecule has 0 unspecified atom stereocenters. The van der Waals surface area contributed by atoms with Gasteiger partial charge in [-0.1, -0.05) is 12.1 Å². The van der Waals surface area contributed by atoms with E-state index in [0.29, 0.717) is 5.69 Å². The van der Waals surface area contributed by atoms with Crippen LogP contribution in [0.4, 0.5) is 36.3 Å². The van der Waals surface area contributed by atoms with Crippen molar-refractivity contribution in [3.05, 3.63) is 66.1 Å². The highest BCUT2D eigenvalue weighted by Gasteiger charge is 2.07. The van der Waals surface area contributed by atoms with Gasteiger partial charge in [0, 0.05) is 11.8 Å². The van der Waals surface area contributed by atoms with Gasteiger partial charge in [0.1, 0.15) is 5.82 Å². The first-order chi connectivity index (χ1) is 11.1. The van der Waals surface area contributed by atoms with Gasteiger partial charge in [0.25, 0.3) is 0 Å². The van der Waals surface area contributed by atoms with Crippen LogP contribution in [-0.4, -0.2) is 15.2 Å². The molecule has 0 aliphatic carbocycles. The van der Waals surface area contributed by atoms with E-state index in [4.69, 9.17) is 0 Å². The topological polar surface area (TPSA) is 62.7 Å². The zero-order valence-corrected chi connectivity index (χ0v) is 11.6. The predicted octanol–water partition coefficient (Wildman–Crippen LogP) is 3.78. The lowest BCUT2D eigenvalue weighted by molar-refractivity contribution is 0.509. The fourth-order valence-corrected chi connectivity index (χ4v) is 1.82. The molecule has 2 N–H and O–H groups in total. The number of nitrogens with one attached hydrogen (secondary N) is 2. The molecule has 0 bridgehead atoms. The van der Waals surface area contributed by atoms with Crippen LogP contribution < -0.4 is 10.6 Å². The highest BCUT2D eigenvalue weighted by molar-refractivity contribution is 5.58. The van der Waals surface area contributed by atoms with Crippen molar-refractivity contribution in [3.8, 4) is 0 Å². The number of nitrogens with zero attached hydrogens (tertiary/aromatic N) is 3. The van der Waals surface area contributed by atoms with Gasteiger partial charge in [-0.05, 0) is 24.3 Å². The summed E-state index contributed by atoms with van der Waals surface area (Å²) in [5, 5.41) is 12.9. The lowest BCUT2D eigenvalue weighted by atomic mass is 10.3. The summed E-state index contributed by atoms with van der Waals surface area (Å²) < 4.78 is 39.6. The van der Waals surface area contributed by atoms with Gasteiger partial charge in [0.05, 0.1) is 11.9 Å². The summed E-state index contributed by atoms with van der Waals surface area (Å²) >= 11 is 0. The number of hydrogen-bond acceptors (Lipinski definition) is 5. The molecule has 1 aromatic heterocycles. The first-order valence-electron chi connectivity index (χ1n) is 6.55. The summed E-state index contributed by atoms with van der Waals surface area (Å²) in [6.07, 6.45) is 1.30. The van der Waals surface area contributed by atoms with Gasteiger partial charge in [-0.2, -0.15) is 10.1 Å². The number of hydrogen-bond donors (Lipinski definition) is 2. The van der Waals surface area contributed by atoms with Crippen molar-refractivity contribution in [3.63, 3.8) is 0 Å². The molecule has 0 saturated carbocycles. The highest BCUT2D eigenvalue weighted by atomic mass is 19.2. The van der Waals surface area contributed by atoms with E-state index in [2.05, 4.69) is 25.8 Å². The zero-order valence-electron chi connectivity index (χ0n) is 11.6. The average molecular weight is 317 g/mol. The molecule has 0 fully saturated rings. The lowest BCUT2D eigenvalue weighted by Gasteiger charge is -2.08. The quantitative estimate of drug-likeness (QED) is 0.767. The predicted molar refractivity (Wildman–Crippen MR) is 79.2 cm³/mol. The first kappa shape index (κ1) is 14.8. The van der Waals surface area contributed by atoms with E-state index in [1.165, 1.54) is 24.4 Å². The van der Waals surface area contributed by atoms with Crippen molar-refractivity contribution >= 4 is 23.1 Å². The van der Waals surface area contributed by atoms with E-state index >= 15 is 0 Å². The van der Waals surface area contributed by atoms with Crippen LogP contribution in [0.25, 0.3) is 0 Å². The van der Waals surface area contributed by atoms with Gasteiger partial charge < -0.3 is 10.6 Å². The van der Waals surface area contributed by atoms with Crippen molar-refractivity contribution in [2.45, 2.75) is 0 Å². The zero-order chi connectivity index (χ0) is 16.2. The number of aromatic nitrogens is 3. The smallest absolute Gasteiger partial charge is 0.249 e. The van der Waals surface area contributed by atoms with Crippen LogP contribution in [0.5, 0.6) is 0 Å². The summed E-state index contributed by atoms with van der Waals surface area (Å²) in [6.45, 7) is 0. The van der Waals surface area contributed by atoms with E-state index in [1.54, 1.807) is 12.1 Å². The molecule has 1 heterocycles. The molecule has 23 heavy (non-hydrogen) atoms. The Morgan fingerprint density at radius 3 is 2.43 bits per heavy atom. The molecular formula is C15H10F3N5. The van der Waals surface area contributed by atoms with Gasteiger partial charge in [-0.25, -0.2) is 13.2 Å². The Hall–Kier alpha value is -3.16. The Bertz CT molecular complexity index is 841. The third-order valence-electron chi connectivity index (χ3n) is 2.87. The normalized spacial score (nSPS) is 10.4. The number of benzene rings is 2. The van der Waals surface area contributed by atoms with Crippen LogP contribution in [0.1, 0.15) is 0 Å². The number of halogens is 3. The molecule has 3 aromatic rings. The molecule has 116 valence electrons. The number of para-hydroxylation sites is 1. The largest absolute Gasteiger partial charge is 0.339 e. The molecule has 0 saturated heterocycles. The maximum atomic E-state index is 13.6. The van der Waals surface area contributed by atoms with Crippen molar-refractivity contribution < 1.29 is 13.2 Å². The summed E-state index contributed by atoms with van der Waals surface area (Å²) in [5.74, 6) is -2.09. The molecule has 0 radical (unpaired) electrons. The fraction of sp³-hybridized carbons (Fsp3) is 0. The third kappa shape index (κ3) is 3.54. The summed E-state index contributed by atoms with van der Waals surface area (Å²) in [4.78, 5) is 4.08. The summed E-state index contributed by atoms with van der Waals surface area (Å²) in [5.41, 5.74) is 0.487. The summed E-state index contributed by atoms with van der Waals surface area (Å²) in [6, 6.07) is 9.35. The molecule has 0 spiro atoms. The Morgan fingerprint density at radius 2 is 1.65 bits per heavy atom. The Morgan fingerprint density at radius 1 is 0.826 bits per heavy atom. The van der Waals surface area contributed by atoms with E-state index in [9.17, 15) is 13.2 Å². The van der Waals surface area contributed by atoms with Crippen LogP contribution in [0, 0.1) is 17.5 Å². The van der Waals surface area contributed by atoms with Crippen LogP contribution in [0.3, 0.4) is 0 Å². The second-order valence-electron chi connectivity index (χ2n) is 4.52. The van der Waals surface area contributed by atoms with Crippen molar-refractivity contribution in [2.24, 2.45) is 0 Å². The molecule has 0 atom stereocenters. The van der Waals surface area contributed by atoms with E-state index < -0.39 is 17.5 Å². The van der Waals surface area contributed by atoms with Crippen molar-refractivity contribution in [2.75, 3.05) is 10.6 Å². The minimum Gasteiger partial charge on any atom is -0.339 e. The Kier molecular flexibility index (Phi) is 4.05. The van der Waals surface area contributed by atoms with E-state index in [-0.39, 0.29) is 17.5 Å². The highest BCUT2D eigenvalue weighted by Crippen LogP contribution is 2.20. The van der Waals surface area contributed by atoms with Gasteiger partial charge in [-0.3, -0.25) is 0 Å². The van der Waals surface area contributed by atoms with E-state index in [0.717, 1.165) is 12.1 Å². The molecular weight excluding hydrogens is 307 g/mol. The molecule has 2 aromatic carbocycles. The van der Waals surface area contributed by atoms with E-state index in [1.807, 2.05) is 0 Å². The van der Waals surface area contributed by atoms with Crippen LogP contribution in [0.15, 0.2) is 48.7 Å². The maximum absolute atomic E-state index is 13.6. The Balaban J connectivity index is 1.79. The SMILES string of the molecule is Fc1ccc(Nc2cnnc(Nc3ccccc3F)n2)cc1F. The van der Waals surface area contributed by atoms with Crippen LogP contribution in [-0.2, 0) is 0 Å². The molecule has 0 aliphatic rings. The van der Waals surface area contributed by atoms with Gasteiger partial charge >= 0.3 is 0 Å². The van der Waals surface area contributed by atoms with Gasteiger partial charge in [-0.15, -0.1) is 5.10 Å². The fourth-order valence-electron chi connectivity index (χ4n) is 1.82. The minimum atomic E-state index is -0.985. The van der Waals surface area contributed by atoms with Crippen LogP contribution in [0.2, 0.25) is 0 Å². The van der Waals surface area contributed by atoms with Crippen LogP contribution >= 0.6 is 0 Å². The average Bonchev–Trinajstić information content (AvgIpc) is 2.54. The molecule has 0 aliphatic heterocycles. The molecule has 8 heteroatoms. The maximum Gasteiger partial charge on any atom is 0.249 e. The van der Waals surface area contributed by atoms with Crippen molar-refractivity contribution in [1.82, 2.24) is 15.2 Å². The molecule has 5 nitrogen and oxygen atoms in total. The van der Waals surface area contributed by atoms with Gasteiger partial charge in [0.15, 0.2) is 17.5 Å². The second-order valence-corrected chi connectivity index (χ2v) is 4.52. The first-order valence-corrected chi connectivity index (χ1v) is 6.55. The van der Waals surface area contributed by atoms with Crippen molar-refractivity contribution in [1.29, 1.82) is 0 Å². The molecule has 0 amide bonds. The van der Waals surface area contributed by atoms with Gasteiger partial charge in [0.2, 0.25) is 5.95 Å². The minimum absolute atomic E-state index is 0.0580. The molecule has 3 rings (SSSR count). The number of rotatable bonds is 4. The lowest BCUT2D eigenvalue weighted by Crippen LogP contribution is -2.03. The number of anilines is 4. The Labute approximate surface area is 129 Å².